The summed E-state index contributed by atoms with van der Waals surface area (Å²) in [4.78, 5) is 4.41. The number of hydrogen-bond donors (Lipinski definition) is 3. The Labute approximate surface area is 171 Å². The molecule has 0 aliphatic heterocycles. The van der Waals surface area contributed by atoms with Crippen molar-refractivity contribution in [2.45, 2.75) is 29.5 Å². The molecule has 0 aliphatic carbocycles. The number of phenolic OH excluding ortho intramolecular Hbond substituents is 1. The molecule has 4 nitrogen and oxygen atoms in total. The number of fused-ring (bicyclic) bond motifs is 1. The molecule has 0 saturated heterocycles. The van der Waals surface area contributed by atoms with Crippen molar-refractivity contribution in [3.8, 4) is 5.75 Å². The van der Waals surface area contributed by atoms with Gasteiger partial charge in [-0.2, -0.15) is 0 Å². The van der Waals surface area contributed by atoms with E-state index < -0.39 is 9.08 Å². The van der Waals surface area contributed by atoms with Crippen molar-refractivity contribution in [3.05, 3.63) is 70.9 Å². The van der Waals surface area contributed by atoms with Gasteiger partial charge in [0.2, 0.25) is 0 Å². The lowest BCUT2D eigenvalue weighted by atomic mass is 9.87. The summed E-state index contributed by atoms with van der Waals surface area (Å²) in [6, 6.07) is 14.8. The van der Waals surface area contributed by atoms with Crippen molar-refractivity contribution in [2.24, 2.45) is 5.73 Å². The van der Waals surface area contributed by atoms with E-state index in [9.17, 15) is 5.11 Å². The standard InChI is InChI=1S/C20H21ClIN3O/c1-19(2,25-12-13-4-3-5-15(26)10-13)20(22,23)17-8-9-24-18-11-14(21)6-7-16(17)18/h3-11,25-26H,12,23H2,1-2H3. The molecule has 1 atom stereocenters. The highest BCUT2D eigenvalue weighted by atomic mass is 127. The van der Waals surface area contributed by atoms with E-state index >= 15 is 0 Å². The van der Waals surface area contributed by atoms with Crippen molar-refractivity contribution >= 4 is 45.1 Å². The van der Waals surface area contributed by atoms with E-state index in [0.717, 1.165) is 22.0 Å². The van der Waals surface area contributed by atoms with Crippen LogP contribution >= 0.6 is 34.2 Å². The van der Waals surface area contributed by atoms with Gasteiger partial charge in [0.15, 0.2) is 0 Å². The molecule has 1 heterocycles. The Hall–Kier alpha value is -1.41. The monoisotopic (exact) mass is 481 g/mol. The van der Waals surface area contributed by atoms with Crippen molar-refractivity contribution in [1.82, 2.24) is 10.3 Å². The SMILES string of the molecule is CC(C)(NCc1cccc(O)c1)C(N)(I)c1ccnc2cc(Cl)ccc12. The van der Waals surface area contributed by atoms with Gasteiger partial charge in [0.05, 0.1) is 5.52 Å². The number of aromatic hydroxyl groups is 1. The van der Waals surface area contributed by atoms with Crippen LogP contribution in [0.5, 0.6) is 5.75 Å². The third kappa shape index (κ3) is 3.81. The summed E-state index contributed by atoms with van der Waals surface area (Å²) in [6.45, 7) is 4.74. The van der Waals surface area contributed by atoms with E-state index in [2.05, 4.69) is 46.7 Å². The fourth-order valence-corrected chi connectivity index (χ4v) is 3.72. The maximum absolute atomic E-state index is 9.65. The first kappa shape index (κ1) is 19.4. The van der Waals surface area contributed by atoms with Crippen LogP contribution in [0.1, 0.15) is 25.0 Å². The van der Waals surface area contributed by atoms with Gasteiger partial charge < -0.3 is 16.2 Å². The number of nitrogens with zero attached hydrogens (tertiary/aromatic N) is 1. The molecule has 0 bridgehead atoms. The third-order valence-corrected chi connectivity index (χ3v) is 6.82. The van der Waals surface area contributed by atoms with Gasteiger partial charge in [-0.25, -0.2) is 0 Å². The maximum atomic E-state index is 9.65. The van der Waals surface area contributed by atoms with Crippen LogP contribution < -0.4 is 11.1 Å². The number of aromatic nitrogens is 1. The predicted molar refractivity (Wildman–Crippen MR) is 116 cm³/mol. The first-order valence-electron chi connectivity index (χ1n) is 8.26. The highest BCUT2D eigenvalue weighted by molar-refractivity contribution is 14.1. The molecule has 1 unspecified atom stereocenters. The molecule has 3 aromatic rings. The number of pyridine rings is 1. The van der Waals surface area contributed by atoms with Gasteiger partial charge in [0.1, 0.15) is 9.30 Å². The van der Waals surface area contributed by atoms with Gasteiger partial charge >= 0.3 is 0 Å². The Kier molecular flexibility index (Phi) is 5.44. The van der Waals surface area contributed by atoms with E-state index in [1.54, 1.807) is 18.3 Å². The number of phenols is 1. The minimum Gasteiger partial charge on any atom is -0.508 e. The van der Waals surface area contributed by atoms with Crippen molar-refractivity contribution < 1.29 is 5.11 Å². The second-order valence-corrected chi connectivity index (χ2v) is 9.02. The molecule has 0 aliphatic rings. The van der Waals surface area contributed by atoms with Crippen LogP contribution in [0, 0.1) is 0 Å². The topological polar surface area (TPSA) is 71.2 Å². The molecular weight excluding hydrogens is 461 g/mol. The second kappa shape index (κ2) is 7.31. The van der Waals surface area contributed by atoms with Gasteiger partial charge in [0, 0.05) is 28.7 Å². The molecule has 0 spiro atoms. The lowest BCUT2D eigenvalue weighted by Crippen LogP contribution is -2.58. The van der Waals surface area contributed by atoms with Crippen LogP contribution in [-0.4, -0.2) is 15.6 Å². The van der Waals surface area contributed by atoms with E-state index in [1.807, 2.05) is 36.4 Å². The number of hydrogen-bond acceptors (Lipinski definition) is 4. The van der Waals surface area contributed by atoms with E-state index in [4.69, 9.17) is 17.3 Å². The summed E-state index contributed by atoms with van der Waals surface area (Å²) < 4.78 is -0.698. The van der Waals surface area contributed by atoms with Crippen molar-refractivity contribution in [1.29, 1.82) is 0 Å². The fraction of sp³-hybridized carbons (Fsp3) is 0.250. The summed E-state index contributed by atoms with van der Waals surface area (Å²) in [6.07, 6.45) is 1.76. The zero-order chi connectivity index (χ0) is 18.9. The molecule has 0 saturated carbocycles. The van der Waals surface area contributed by atoms with Gasteiger partial charge in [-0.1, -0.05) is 52.4 Å². The Morgan fingerprint density at radius 1 is 1.19 bits per heavy atom. The highest BCUT2D eigenvalue weighted by Crippen LogP contribution is 2.40. The smallest absolute Gasteiger partial charge is 0.115 e. The largest absolute Gasteiger partial charge is 0.508 e. The molecule has 136 valence electrons. The fourth-order valence-electron chi connectivity index (χ4n) is 2.89. The highest BCUT2D eigenvalue weighted by Gasteiger charge is 2.41. The summed E-state index contributed by atoms with van der Waals surface area (Å²) in [5.74, 6) is 0.257. The molecule has 0 amide bonds. The van der Waals surface area contributed by atoms with Crippen LogP contribution in [0.4, 0.5) is 0 Å². The molecule has 26 heavy (non-hydrogen) atoms. The average Bonchev–Trinajstić information content (AvgIpc) is 2.59. The lowest BCUT2D eigenvalue weighted by molar-refractivity contribution is 0.307. The summed E-state index contributed by atoms with van der Waals surface area (Å²) in [5, 5.41) is 14.8. The minimum absolute atomic E-state index is 0.257. The minimum atomic E-state index is -0.698. The number of benzene rings is 2. The normalized spacial score (nSPS) is 14.3. The first-order chi connectivity index (χ1) is 12.2. The maximum Gasteiger partial charge on any atom is 0.115 e. The molecule has 6 heteroatoms. The summed E-state index contributed by atoms with van der Waals surface area (Å²) in [5.41, 5.74) is 9.21. The number of halogens is 2. The van der Waals surface area contributed by atoms with Crippen LogP contribution in [0.3, 0.4) is 0 Å². The Bertz CT molecular complexity index is 943. The van der Waals surface area contributed by atoms with Gasteiger partial charge in [0.25, 0.3) is 0 Å². The number of nitrogens with two attached hydrogens (primary N) is 1. The van der Waals surface area contributed by atoms with Gasteiger partial charge in [-0.15, -0.1) is 0 Å². The molecule has 2 aromatic carbocycles. The quantitative estimate of drug-likeness (QED) is 0.280. The summed E-state index contributed by atoms with van der Waals surface area (Å²) >= 11 is 8.40. The van der Waals surface area contributed by atoms with Gasteiger partial charge in [-0.05, 0) is 55.3 Å². The molecule has 4 N–H and O–H groups in total. The molecular formula is C20H21ClIN3O. The van der Waals surface area contributed by atoms with Crippen LogP contribution in [0.25, 0.3) is 10.9 Å². The first-order valence-corrected chi connectivity index (χ1v) is 9.72. The van der Waals surface area contributed by atoms with Crippen LogP contribution in [0.15, 0.2) is 54.7 Å². The lowest BCUT2D eigenvalue weighted by Gasteiger charge is -2.41. The second-order valence-electron chi connectivity index (χ2n) is 6.88. The molecule has 3 rings (SSSR count). The molecule has 0 fully saturated rings. The zero-order valence-electron chi connectivity index (χ0n) is 14.6. The number of nitrogens with one attached hydrogen (secondary N) is 1. The molecule has 1 aromatic heterocycles. The Morgan fingerprint density at radius 3 is 2.69 bits per heavy atom. The molecule has 0 radical (unpaired) electrons. The Morgan fingerprint density at radius 2 is 1.96 bits per heavy atom. The van der Waals surface area contributed by atoms with Gasteiger partial charge in [-0.3, -0.25) is 4.98 Å². The van der Waals surface area contributed by atoms with Crippen LogP contribution in [-0.2, 0) is 10.1 Å². The predicted octanol–water partition coefficient (Wildman–Crippen LogP) is 4.71. The summed E-state index contributed by atoms with van der Waals surface area (Å²) in [7, 11) is 0. The average molecular weight is 482 g/mol. The van der Waals surface area contributed by atoms with Crippen molar-refractivity contribution in [3.63, 3.8) is 0 Å². The van der Waals surface area contributed by atoms with Crippen LogP contribution in [0.2, 0.25) is 5.02 Å². The number of rotatable bonds is 5. The number of alkyl halides is 1. The van der Waals surface area contributed by atoms with E-state index in [0.29, 0.717) is 11.6 Å². The zero-order valence-corrected chi connectivity index (χ0v) is 17.5. The van der Waals surface area contributed by atoms with E-state index in [1.165, 1.54) is 0 Å². The van der Waals surface area contributed by atoms with E-state index in [-0.39, 0.29) is 5.75 Å². The Balaban J connectivity index is 1.93. The van der Waals surface area contributed by atoms with Crippen molar-refractivity contribution in [2.75, 3.05) is 0 Å². The third-order valence-electron chi connectivity index (χ3n) is 4.65.